The molecule has 0 aliphatic carbocycles. The second-order valence-electron chi connectivity index (χ2n) is 6.91. The third kappa shape index (κ3) is 3.78. The van der Waals surface area contributed by atoms with Crippen molar-refractivity contribution in [3.8, 4) is 5.75 Å². The lowest BCUT2D eigenvalue weighted by molar-refractivity contribution is -0.384. The molecule has 0 atom stereocenters. The quantitative estimate of drug-likeness (QED) is 0.613. The third-order valence-electron chi connectivity index (χ3n) is 5.14. The number of rotatable bonds is 4. The van der Waals surface area contributed by atoms with Crippen LogP contribution < -0.4 is 4.74 Å². The number of amides is 1. The fourth-order valence-electron chi connectivity index (χ4n) is 3.61. The van der Waals surface area contributed by atoms with Crippen LogP contribution in [0.3, 0.4) is 0 Å². The minimum absolute atomic E-state index is 0.00360. The van der Waals surface area contributed by atoms with Gasteiger partial charge >= 0.3 is 0 Å². The maximum absolute atomic E-state index is 12.6. The Balaban J connectivity index is 1.33. The van der Waals surface area contributed by atoms with Crippen molar-refractivity contribution >= 4 is 11.6 Å². The Labute approximate surface area is 157 Å². The molecule has 0 radical (unpaired) electrons. The van der Waals surface area contributed by atoms with Gasteiger partial charge in [0.25, 0.3) is 11.6 Å². The van der Waals surface area contributed by atoms with Crippen molar-refractivity contribution < 1.29 is 14.5 Å². The summed E-state index contributed by atoms with van der Waals surface area (Å²) < 4.78 is 5.55. The number of carbonyl (C=O) groups excluding carboxylic acids is 1. The van der Waals surface area contributed by atoms with Crippen LogP contribution in [0.1, 0.15) is 21.5 Å². The molecule has 27 heavy (non-hydrogen) atoms. The molecular weight excluding hydrogens is 346 g/mol. The highest BCUT2D eigenvalue weighted by Crippen LogP contribution is 2.26. The van der Waals surface area contributed by atoms with E-state index in [-0.39, 0.29) is 11.6 Å². The monoisotopic (exact) mass is 367 g/mol. The highest BCUT2D eigenvalue weighted by molar-refractivity contribution is 5.94. The lowest BCUT2D eigenvalue weighted by Crippen LogP contribution is -2.48. The van der Waals surface area contributed by atoms with Crippen LogP contribution in [-0.4, -0.2) is 53.4 Å². The van der Waals surface area contributed by atoms with Gasteiger partial charge in [-0.15, -0.1) is 0 Å². The Morgan fingerprint density at radius 1 is 1.07 bits per heavy atom. The zero-order valence-corrected chi connectivity index (χ0v) is 15.0. The molecule has 2 aliphatic rings. The Morgan fingerprint density at radius 2 is 1.81 bits per heavy atom. The van der Waals surface area contributed by atoms with E-state index in [0.717, 1.165) is 38.4 Å². The Hall–Kier alpha value is -2.93. The first-order chi connectivity index (χ1) is 13.1. The minimum atomic E-state index is -0.460. The number of hydrogen-bond donors (Lipinski definition) is 0. The first-order valence-corrected chi connectivity index (χ1v) is 9.11. The second-order valence-corrected chi connectivity index (χ2v) is 6.91. The number of piperazine rings is 1. The molecule has 7 nitrogen and oxygen atoms in total. The van der Waals surface area contributed by atoms with E-state index in [1.165, 1.54) is 35.4 Å². The molecule has 4 rings (SSSR count). The lowest BCUT2D eigenvalue weighted by Gasteiger charge is -2.34. The first kappa shape index (κ1) is 17.5. The molecule has 0 unspecified atom stereocenters. The summed E-state index contributed by atoms with van der Waals surface area (Å²) in [5.41, 5.74) is 3.04. The number of hydrogen-bond acceptors (Lipinski definition) is 5. The number of non-ortho nitro benzene ring substituents is 1. The van der Waals surface area contributed by atoms with Crippen LogP contribution in [0, 0.1) is 10.1 Å². The van der Waals surface area contributed by atoms with Crippen LogP contribution in [0.5, 0.6) is 5.75 Å². The smallest absolute Gasteiger partial charge is 0.269 e. The molecule has 1 saturated heterocycles. The van der Waals surface area contributed by atoms with Crippen molar-refractivity contribution in [2.24, 2.45) is 0 Å². The van der Waals surface area contributed by atoms with Gasteiger partial charge in [0.15, 0.2) is 0 Å². The first-order valence-electron chi connectivity index (χ1n) is 9.11. The van der Waals surface area contributed by atoms with Gasteiger partial charge in [0, 0.05) is 56.8 Å². The van der Waals surface area contributed by atoms with Crippen molar-refractivity contribution in [2.75, 3.05) is 32.8 Å². The minimum Gasteiger partial charge on any atom is -0.493 e. The fraction of sp³-hybridized carbons (Fsp3) is 0.350. The zero-order valence-electron chi connectivity index (χ0n) is 15.0. The Kier molecular flexibility index (Phi) is 4.77. The van der Waals surface area contributed by atoms with Crippen LogP contribution >= 0.6 is 0 Å². The van der Waals surface area contributed by atoms with Crippen molar-refractivity contribution in [3.05, 3.63) is 69.3 Å². The summed E-state index contributed by atoms with van der Waals surface area (Å²) in [6.07, 6.45) is 0.973. The number of fused-ring (bicyclic) bond motifs is 1. The molecule has 7 heteroatoms. The van der Waals surface area contributed by atoms with E-state index in [9.17, 15) is 14.9 Å². The van der Waals surface area contributed by atoms with Crippen LogP contribution in [0.15, 0.2) is 42.5 Å². The van der Waals surface area contributed by atoms with Crippen LogP contribution in [0.25, 0.3) is 0 Å². The molecular formula is C20H21N3O4. The van der Waals surface area contributed by atoms with E-state index in [4.69, 9.17) is 4.74 Å². The van der Waals surface area contributed by atoms with Gasteiger partial charge in [-0.1, -0.05) is 12.1 Å². The maximum Gasteiger partial charge on any atom is 0.269 e. The average Bonchev–Trinajstić information content (AvgIpc) is 3.16. The molecule has 1 fully saturated rings. The average molecular weight is 367 g/mol. The predicted octanol–water partition coefficient (Wildman–Crippen LogP) is 2.49. The van der Waals surface area contributed by atoms with E-state index < -0.39 is 4.92 Å². The van der Waals surface area contributed by atoms with Gasteiger partial charge in [-0.2, -0.15) is 0 Å². The normalized spacial score (nSPS) is 16.7. The number of ether oxygens (including phenoxy) is 1. The summed E-state index contributed by atoms with van der Waals surface area (Å²) in [6, 6.07) is 12.2. The third-order valence-corrected chi connectivity index (χ3v) is 5.14. The van der Waals surface area contributed by atoms with Crippen LogP contribution in [0.4, 0.5) is 5.69 Å². The van der Waals surface area contributed by atoms with E-state index in [2.05, 4.69) is 17.0 Å². The number of nitro benzene ring substituents is 1. The summed E-state index contributed by atoms with van der Waals surface area (Å²) in [7, 11) is 0. The Morgan fingerprint density at radius 3 is 2.52 bits per heavy atom. The van der Waals surface area contributed by atoms with E-state index in [1.54, 1.807) is 0 Å². The van der Waals surface area contributed by atoms with E-state index in [0.29, 0.717) is 18.7 Å². The van der Waals surface area contributed by atoms with Gasteiger partial charge in [0.05, 0.1) is 11.5 Å². The van der Waals surface area contributed by atoms with Crippen molar-refractivity contribution in [1.29, 1.82) is 0 Å². The lowest BCUT2D eigenvalue weighted by atomic mass is 10.1. The van der Waals surface area contributed by atoms with E-state index in [1.807, 2.05) is 11.0 Å². The summed E-state index contributed by atoms with van der Waals surface area (Å²) in [5.74, 6) is 0.927. The highest BCUT2D eigenvalue weighted by atomic mass is 16.6. The van der Waals surface area contributed by atoms with E-state index >= 15 is 0 Å². The molecule has 2 aromatic rings. The Bertz CT molecular complexity index is 858. The molecule has 0 saturated carbocycles. The molecule has 0 aromatic heterocycles. The standard InChI is InChI=1S/C20H21N3O4/c24-20(16-2-4-18(5-3-16)23(25)26)22-10-8-21(9-11-22)14-15-1-6-19-17(13-15)7-12-27-19/h1-6,13H,7-12,14H2. The summed E-state index contributed by atoms with van der Waals surface area (Å²) in [5, 5.41) is 10.7. The topological polar surface area (TPSA) is 75.9 Å². The fourth-order valence-corrected chi connectivity index (χ4v) is 3.61. The van der Waals surface area contributed by atoms with Crippen molar-refractivity contribution in [2.45, 2.75) is 13.0 Å². The molecule has 0 spiro atoms. The molecule has 2 aliphatic heterocycles. The zero-order chi connectivity index (χ0) is 18.8. The second kappa shape index (κ2) is 7.36. The van der Waals surface area contributed by atoms with Crippen molar-refractivity contribution in [3.63, 3.8) is 0 Å². The van der Waals surface area contributed by atoms with Gasteiger partial charge in [-0.3, -0.25) is 19.8 Å². The summed E-state index contributed by atoms with van der Waals surface area (Å²) >= 11 is 0. The molecule has 0 bridgehead atoms. The van der Waals surface area contributed by atoms with Gasteiger partial charge in [-0.25, -0.2) is 0 Å². The molecule has 0 N–H and O–H groups in total. The largest absolute Gasteiger partial charge is 0.493 e. The number of nitrogens with zero attached hydrogens (tertiary/aromatic N) is 3. The predicted molar refractivity (Wildman–Crippen MR) is 99.9 cm³/mol. The molecule has 140 valence electrons. The maximum atomic E-state index is 12.6. The summed E-state index contributed by atoms with van der Waals surface area (Å²) in [4.78, 5) is 27.0. The van der Waals surface area contributed by atoms with Crippen molar-refractivity contribution in [1.82, 2.24) is 9.80 Å². The van der Waals surface area contributed by atoms with Gasteiger partial charge < -0.3 is 9.64 Å². The number of carbonyl (C=O) groups is 1. The van der Waals surface area contributed by atoms with Crippen LogP contribution in [0.2, 0.25) is 0 Å². The highest BCUT2D eigenvalue weighted by Gasteiger charge is 2.23. The number of benzene rings is 2. The summed E-state index contributed by atoms with van der Waals surface area (Å²) in [6.45, 7) is 4.57. The number of nitro groups is 1. The van der Waals surface area contributed by atoms with Gasteiger partial charge in [-0.05, 0) is 29.3 Å². The SMILES string of the molecule is O=C(c1ccc([N+](=O)[O-])cc1)N1CCN(Cc2ccc3c(c2)CCO3)CC1. The molecule has 2 aromatic carbocycles. The van der Waals surface area contributed by atoms with Gasteiger partial charge in [0.1, 0.15) is 5.75 Å². The molecule has 2 heterocycles. The molecule has 1 amide bonds. The van der Waals surface area contributed by atoms with Gasteiger partial charge in [0.2, 0.25) is 0 Å². The van der Waals surface area contributed by atoms with Crippen LogP contribution in [-0.2, 0) is 13.0 Å².